The van der Waals surface area contributed by atoms with Gasteiger partial charge in [-0.25, -0.2) is 4.79 Å². The number of likely N-dealkylation sites (tertiary alicyclic amines) is 1. The lowest BCUT2D eigenvalue weighted by molar-refractivity contribution is 0.0600. The minimum atomic E-state index is -0.352. The van der Waals surface area contributed by atoms with Gasteiger partial charge >= 0.3 is 5.97 Å². The molecule has 2 unspecified atom stereocenters. The number of esters is 1. The first-order valence-corrected chi connectivity index (χ1v) is 10.4. The Bertz CT molecular complexity index is 985. The summed E-state index contributed by atoms with van der Waals surface area (Å²) in [5, 5.41) is 0. The van der Waals surface area contributed by atoms with E-state index in [4.69, 9.17) is 19.2 Å². The van der Waals surface area contributed by atoms with Crippen LogP contribution in [0.25, 0.3) is 0 Å². The first-order chi connectivity index (χ1) is 14.5. The van der Waals surface area contributed by atoms with Crippen molar-refractivity contribution < 1.29 is 19.0 Å². The van der Waals surface area contributed by atoms with Crippen LogP contribution in [0.4, 0.5) is 0 Å². The number of aliphatic imine (C=N–C) groups is 1. The summed E-state index contributed by atoms with van der Waals surface area (Å²) in [6.45, 7) is 4.52. The molecule has 0 spiro atoms. The second-order valence-corrected chi connectivity index (χ2v) is 7.80. The Kier molecular flexibility index (Phi) is 5.77. The monoisotopic (exact) mass is 408 g/mol. The lowest BCUT2D eigenvalue weighted by Crippen LogP contribution is -2.41. The summed E-state index contributed by atoms with van der Waals surface area (Å²) in [6, 6.07) is 11.8. The van der Waals surface area contributed by atoms with Crippen LogP contribution >= 0.6 is 0 Å². The maximum absolute atomic E-state index is 12.1. The average Bonchev–Trinajstić information content (AvgIpc) is 2.78. The van der Waals surface area contributed by atoms with Gasteiger partial charge in [-0.2, -0.15) is 0 Å². The summed E-state index contributed by atoms with van der Waals surface area (Å²) < 4.78 is 16.4. The van der Waals surface area contributed by atoms with Crippen molar-refractivity contribution in [3.63, 3.8) is 0 Å². The maximum Gasteiger partial charge on any atom is 0.337 e. The normalized spacial score (nSPS) is 20.6. The van der Waals surface area contributed by atoms with E-state index in [0.29, 0.717) is 23.8 Å². The second-order valence-electron chi connectivity index (χ2n) is 7.80. The molecule has 0 bridgehead atoms. The van der Waals surface area contributed by atoms with E-state index in [-0.39, 0.29) is 12.0 Å². The lowest BCUT2D eigenvalue weighted by atomic mass is 9.79. The van der Waals surface area contributed by atoms with Crippen molar-refractivity contribution in [3.8, 4) is 11.5 Å². The number of nitrogens with zero attached hydrogens (tertiary/aromatic N) is 2. The maximum atomic E-state index is 12.1. The lowest BCUT2D eigenvalue weighted by Gasteiger charge is -2.39. The highest BCUT2D eigenvalue weighted by Crippen LogP contribution is 2.42. The van der Waals surface area contributed by atoms with Crippen LogP contribution in [0.3, 0.4) is 0 Å². The summed E-state index contributed by atoms with van der Waals surface area (Å²) in [6.07, 6.45) is 0.997. The van der Waals surface area contributed by atoms with Gasteiger partial charge in [-0.3, -0.25) is 4.99 Å². The van der Waals surface area contributed by atoms with E-state index in [1.807, 2.05) is 31.2 Å². The molecule has 6 heteroatoms. The fraction of sp³-hybridized carbons (Fsp3) is 0.417. The largest absolute Gasteiger partial charge is 0.493 e. The highest BCUT2D eigenvalue weighted by atomic mass is 16.5. The SMILES string of the molecule is CCOc1cc2c(cc1OC)C(c1cccc(C(=O)OC)c1)=NC1CCN(C)CC21. The quantitative estimate of drug-likeness (QED) is 0.709. The van der Waals surface area contributed by atoms with E-state index in [2.05, 4.69) is 18.0 Å². The van der Waals surface area contributed by atoms with Crippen LogP contribution < -0.4 is 9.47 Å². The molecule has 158 valence electrons. The van der Waals surface area contributed by atoms with Crippen molar-refractivity contribution in [1.29, 1.82) is 0 Å². The molecule has 6 nitrogen and oxygen atoms in total. The number of benzene rings is 2. The minimum Gasteiger partial charge on any atom is -0.493 e. The fourth-order valence-electron chi connectivity index (χ4n) is 4.45. The van der Waals surface area contributed by atoms with Crippen LogP contribution in [0.15, 0.2) is 41.4 Å². The van der Waals surface area contributed by atoms with E-state index >= 15 is 0 Å². The summed E-state index contributed by atoms with van der Waals surface area (Å²) in [5.41, 5.74) is 4.58. The fourth-order valence-corrected chi connectivity index (χ4v) is 4.45. The molecule has 0 aliphatic carbocycles. The Morgan fingerprint density at radius 2 is 2.03 bits per heavy atom. The van der Waals surface area contributed by atoms with Crippen molar-refractivity contribution in [2.75, 3.05) is 41.0 Å². The Morgan fingerprint density at radius 3 is 2.77 bits per heavy atom. The molecule has 2 aromatic carbocycles. The number of piperidine rings is 1. The second kappa shape index (κ2) is 8.48. The van der Waals surface area contributed by atoms with E-state index in [1.54, 1.807) is 13.2 Å². The van der Waals surface area contributed by atoms with Crippen LogP contribution in [-0.2, 0) is 4.74 Å². The molecule has 2 atom stereocenters. The van der Waals surface area contributed by atoms with Crippen molar-refractivity contribution in [2.24, 2.45) is 4.99 Å². The number of hydrogen-bond acceptors (Lipinski definition) is 6. The molecular weight excluding hydrogens is 380 g/mol. The van der Waals surface area contributed by atoms with Gasteiger partial charge in [0.25, 0.3) is 0 Å². The van der Waals surface area contributed by atoms with Crippen molar-refractivity contribution in [3.05, 3.63) is 58.7 Å². The molecule has 1 saturated heterocycles. The first-order valence-electron chi connectivity index (χ1n) is 10.4. The van der Waals surface area contributed by atoms with E-state index in [9.17, 15) is 4.79 Å². The Hall–Kier alpha value is -2.86. The third-order valence-corrected chi connectivity index (χ3v) is 5.92. The van der Waals surface area contributed by atoms with E-state index in [1.165, 1.54) is 12.7 Å². The van der Waals surface area contributed by atoms with Crippen LogP contribution in [0, 0.1) is 0 Å². The molecular formula is C24H28N2O4. The molecule has 2 aromatic rings. The topological polar surface area (TPSA) is 60.4 Å². The molecule has 1 fully saturated rings. The Labute approximate surface area is 177 Å². The zero-order chi connectivity index (χ0) is 21.3. The number of hydrogen-bond donors (Lipinski definition) is 0. The molecule has 30 heavy (non-hydrogen) atoms. The molecule has 0 radical (unpaired) electrons. The van der Waals surface area contributed by atoms with Crippen LogP contribution in [-0.4, -0.2) is 63.6 Å². The van der Waals surface area contributed by atoms with E-state index < -0.39 is 0 Å². The molecule has 0 saturated carbocycles. The third-order valence-electron chi connectivity index (χ3n) is 5.92. The van der Waals surface area contributed by atoms with Crippen LogP contribution in [0.2, 0.25) is 0 Å². The smallest absolute Gasteiger partial charge is 0.337 e. The average molecular weight is 408 g/mol. The number of carbonyl (C=O) groups excluding carboxylic acids is 1. The van der Waals surface area contributed by atoms with Crippen LogP contribution in [0.1, 0.15) is 46.3 Å². The standard InChI is InChI=1S/C24H28N2O4/c1-5-30-22-12-17-18(13-21(22)28-3)23(25-20-9-10-26(2)14-19(17)20)15-7-6-8-16(11-15)24(27)29-4/h6-8,11-13,19-20H,5,9-10,14H2,1-4H3. The van der Waals surface area contributed by atoms with Gasteiger partial charge in [0.15, 0.2) is 11.5 Å². The van der Waals surface area contributed by atoms with Gasteiger partial charge in [-0.05, 0) is 56.8 Å². The number of likely N-dealkylation sites (N-methyl/N-ethyl adjacent to an activating group) is 1. The third kappa shape index (κ3) is 3.67. The molecule has 2 aliphatic rings. The summed E-state index contributed by atoms with van der Waals surface area (Å²) in [4.78, 5) is 19.6. The summed E-state index contributed by atoms with van der Waals surface area (Å²) in [5.74, 6) is 1.40. The number of carbonyl (C=O) groups is 1. The first kappa shape index (κ1) is 20.4. The number of ether oxygens (including phenoxy) is 3. The zero-order valence-electron chi connectivity index (χ0n) is 18.0. The van der Waals surface area contributed by atoms with Crippen molar-refractivity contribution in [1.82, 2.24) is 4.90 Å². The highest BCUT2D eigenvalue weighted by Gasteiger charge is 2.36. The highest BCUT2D eigenvalue weighted by molar-refractivity contribution is 6.15. The molecule has 2 heterocycles. The molecule has 0 amide bonds. The number of fused-ring (bicyclic) bond motifs is 3. The Morgan fingerprint density at radius 1 is 1.20 bits per heavy atom. The van der Waals surface area contributed by atoms with Crippen molar-refractivity contribution in [2.45, 2.75) is 25.3 Å². The summed E-state index contributed by atoms with van der Waals surface area (Å²) >= 11 is 0. The molecule has 0 aromatic heterocycles. The van der Waals surface area contributed by atoms with Crippen LogP contribution in [0.5, 0.6) is 11.5 Å². The zero-order valence-corrected chi connectivity index (χ0v) is 18.0. The van der Waals surface area contributed by atoms with E-state index in [0.717, 1.165) is 42.1 Å². The van der Waals surface area contributed by atoms with Gasteiger partial charge in [-0.15, -0.1) is 0 Å². The van der Waals surface area contributed by atoms with Gasteiger partial charge < -0.3 is 19.1 Å². The number of methoxy groups -OCH3 is 2. The van der Waals surface area contributed by atoms with Crippen molar-refractivity contribution >= 4 is 11.7 Å². The minimum absolute atomic E-state index is 0.202. The van der Waals surface area contributed by atoms with Gasteiger partial charge in [0.2, 0.25) is 0 Å². The molecule has 0 N–H and O–H groups in total. The molecule has 4 rings (SSSR count). The predicted molar refractivity (Wildman–Crippen MR) is 116 cm³/mol. The number of rotatable bonds is 5. The van der Waals surface area contributed by atoms with Gasteiger partial charge in [0.05, 0.1) is 38.1 Å². The van der Waals surface area contributed by atoms with Gasteiger partial charge in [0.1, 0.15) is 0 Å². The Balaban J connectivity index is 1.87. The molecule has 2 aliphatic heterocycles. The summed E-state index contributed by atoms with van der Waals surface area (Å²) in [7, 11) is 5.20. The van der Waals surface area contributed by atoms with Gasteiger partial charge in [0, 0.05) is 23.6 Å². The van der Waals surface area contributed by atoms with Gasteiger partial charge in [-0.1, -0.05) is 12.1 Å². The predicted octanol–water partition coefficient (Wildman–Crippen LogP) is 3.52.